The number of halogens is 1. The van der Waals surface area contributed by atoms with E-state index in [4.69, 9.17) is 9.47 Å². The van der Waals surface area contributed by atoms with E-state index in [1.165, 1.54) is 41.8 Å². The van der Waals surface area contributed by atoms with Gasteiger partial charge >= 0.3 is 0 Å². The molecule has 1 aromatic heterocycles. The Morgan fingerprint density at radius 3 is 2.35 bits per heavy atom. The quantitative estimate of drug-likeness (QED) is 0.389. The van der Waals surface area contributed by atoms with Crippen molar-refractivity contribution in [1.82, 2.24) is 15.1 Å². The van der Waals surface area contributed by atoms with Crippen LogP contribution in [0.1, 0.15) is 11.1 Å². The summed E-state index contributed by atoms with van der Waals surface area (Å²) in [6.07, 6.45) is 0. The van der Waals surface area contributed by atoms with E-state index in [0.29, 0.717) is 12.1 Å². The third-order valence-electron chi connectivity index (χ3n) is 4.29. The van der Waals surface area contributed by atoms with E-state index >= 15 is 0 Å². The molecule has 0 fully saturated rings. The Morgan fingerprint density at radius 1 is 1.03 bits per heavy atom. The Labute approximate surface area is 193 Å². The number of aromatic nitrogens is 2. The fourth-order valence-electron chi connectivity index (χ4n) is 2.58. The molecule has 3 aromatic rings. The van der Waals surface area contributed by atoms with E-state index in [1.807, 2.05) is 24.3 Å². The van der Waals surface area contributed by atoms with Crippen molar-refractivity contribution >= 4 is 40.8 Å². The highest BCUT2D eigenvalue weighted by atomic mass is 32.2. The largest absolute Gasteiger partial charge is 0.497 e. The van der Waals surface area contributed by atoms with Crippen LogP contribution in [0.2, 0.25) is 0 Å². The molecule has 0 atom stereocenters. The molecule has 164 valence electrons. The fourth-order valence-corrected chi connectivity index (χ4v) is 5.50. The summed E-state index contributed by atoms with van der Waals surface area (Å²) in [7, 11) is 4.76. The van der Waals surface area contributed by atoms with E-state index in [2.05, 4.69) is 10.2 Å². The average Bonchev–Trinajstić information content (AvgIpc) is 3.24. The van der Waals surface area contributed by atoms with E-state index in [0.717, 1.165) is 20.2 Å². The maximum absolute atomic E-state index is 13.8. The number of hydrogen-bond donors (Lipinski definition) is 0. The molecule has 0 aliphatic rings. The van der Waals surface area contributed by atoms with E-state index < -0.39 is 5.82 Å². The standard InChI is InChI=1S/C21H22FN3O3S3/c1-25(11-15-6-9-18(28-3)17(22)10-15)19(26)13-30-21-24-23-20(31-21)29-12-14-4-7-16(27-2)8-5-14/h4-10H,11-13H2,1-3H3. The van der Waals surface area contributed by atoms with Crippen LogP contribution in [-0.2, 0) is 17.1 Å². The van der Waals surface area contributed by atoms with Gasteiger partial charge in [0.25, 0.3) is 0 Å². The monoisotopic (exact) mass is 479 g/mol. The van der Waals surface area contributed by atoms with Gasteiger partial charge in [0.1, 0.15) is 5.75 Å². The lowest BCUT2D eigenvalue weighted by Gasteiger charge is -2.17. The molecule has 0 bridgehead atoms. The van der Waals surface area contributed by atoms with Gasteiger partial charge in [0.15, 0.2) is 20.2 Å². The fraction of sp³-hybridized carbons (Fsp3) is 0.286. The average molecular weight is 480 g/mol. The molecule has 0 saturated heterocycles. The first-order valence-electron chi connectivity index (χ1n) is 9.27. The van der Waals surface area contributed by atoms with Gasteiger partial charge in [0.2, 0.25) is 5.91 Å². The zero-order valence-corrected chi connectivity index (χ0v) is 19.8. The van der Waals surface area contributed by atoms with Gasteiger partial charge in [-0.3, -0.25) is 4.79 Å². The highest BCUT2D eigenvalue weighted by Gasteiger charge is 2.14. The van der Waals surface area contributed by atoms with Gasteiger partial charge in [-0.05, 0) is 35.4 Å². The summed E-state index contributed by atoms with van der Waals surface area (Å²) >= 11 is 4.43. The van der Waals surface area contributed by atoms with Gasteiger partial charge in [0.05, 0.1) is 20.0 Å². The van der Waals surface area contributed by atoms with Gasteiger partial charge in [-0.25, -0.2) is 4.39 Å². The van der Waals surface area contributed by atoms with Gasteiger partial charge in [-0.1, -0.05) is 53.1 Å². The zero-order chi connectivity index (χ0) is 22.2. The van der Waals surface area contributed by atoms with Crippen molar-refractivity contribution in [2.75, 3.05) is 27.0 Å². The van der Waals surface area contributed by atoms with Crippen LogP contribution in [0.25, 0.3) is 0 Å². The van der Waals surface area contributed by atoms with Crippen LogP contribution >= 0.6 is 34.9 Å². The minimum absolute atomic E-state index is 0.0659. The third kappa shape index (κ3) is 6.84. The number of rotatable bonds is 10. The highest BCUT2D eigenvalue weighted by Crippen LogP contribution is 2.31. The van der Waals surface area contributed by atoms with E-state index in [-0.39, 0.29) is 17.4 Å². The molecule has 0 unspecified atom stereocenters. The maximum Gasteiger partial charge on any atom is 0.233 e. The molecule has 0 radical (unpaired) electrons. The molecule has 0 spiro atoms. The topological polar surface area (TPSA) is 64.6 Å². The number of thioether (sulfide) groups is 2. The molecule has 3 rings (SSSR count). The number of hydrogen-bond acceptors (Lipinski definition) is 8. The van der Waals surface area contributed by atoms with Crippen LogP contribution in [0, 0.1) is 5.82 Å². The van der Waals surface area contributed by atoms with E-state index in [9.17, 15) is 9.18 Å². The van der Waals surface area contributed by atoms with Crippen LogP contribution < -0.4 is 9.47 Å². The first-order chi connectivity index (χ1) is 15.0. The van der Waals surface area contributed by atoms with Crippen LogP contribution in [-0.4, -0.2) is 48.0 Å². The number of methoxy groups -OCH3 is 2. The predicted octanol–water partition coefficient (Wildman–Crippen LogP) is 4.74. The molecule has 0 aliphatic carbocycles. The molecule has 1 amide bonds. The third-order valence-corrected chi connectivity index (χ3v) is 7.54. The minimum atomic E-state index is -0.441. The normalized spacial score (nSPS) is 10.7. The molecule has 10 heteroatoms. The van der Waals surface area contributed by atoms with Crippen LogP contribution in [0.3, 0.4) is 0 Å². The molecule has 0 aliphatic heterocycles. The number of nitrogens with zero attached hydrogens (tertiary/aromatic N) is 3. The zero-order valence-electron chi connectivity index (χ0n) is 17.3. The summed E-state index contributed by atoms with van der Waals surface area (Å²) in [6, 6.07) is 12.6. The Balaban J connectivity index is 1.45. The summed E-state index contributed by atoms with van der Waals surface area (Å²) in [5.41, 5.74) is 1.87. The molecule has 0 N–H and O–H groups in total. The second-order valence-corrected chi connectivity index (χ2v) is 9.90. The highest BCUT2D eigenvalue weighted by molar-refractivity contribution is 8.03. The van der Waals surface area contributed by atoms with Gasteiger partial charge < -0.3 is 14.4 Å². The Bertz CT molecular complexity index is 1010. The van der Waals surface area contributed by atoms with Crippen molar-refractivity contribution < 1.29 is 18.7 Å². The van der Waals surface area contributed by atoms with Crippen molar-refractivity contribution in [3.8, 4) is 11.5 Å². The minimum Gasteiger partial charge on any atom is -0.497 e. The van der Waals surface area contributed by atoms with Crippen molar-refractivity contribution in [1.29, 1.82) is 0 Å². The molecule has 31 heavy (non-hydrogen) atoms. The lowest BCUT2D eigenvalue weighted by Crippen LogP contribution is -2.27. The smallest absolute Gasteiger partial charge is 0.233 e. The number of benzene rings is 2. The maximum atomic E-state index is 13.8. The molecule has 0 saturated carbocycles. The van der Waals surface area contributed by atoms with Crippen LogP contribution in [0.5, 0.6) is 11.5 Å². The number of carbonyl (C=O) groups is 1. The van der Waals surface area contributed by atoms with Gasteiger partial charge in [-0.15, -0.1) is 10.2 Å². The van der Waals surface area contributed by atoms with Crippen molar-refractivity contribution in [3.63, 3.8) is 0 Å². The predicted molar refractivity (Wildman–Crippen MR) is 123 cm³/mol. The Morgan fingerprint density at radius 2 is 1.71 bits per heavy atom. The van der Waals surface area contributed by atoms with Crippen molar-refractivity contribution in [2.24, 2.45) is 0 Å². The lowest BCUT2D eigenvalue weighted by molar-refractivity contribution is -0.127. The summed E-state index contributed by atoms with van der Waals surface area (Å²) in [6.45, 7) is 0.319. The Kier molecular flexibility index (Phi) is 8.56. The second kappa shape index (κ2) is 11.4. The SMILES string of the molecule is COc1ccc(CSc2nnc(SCC(=O)N(C)Cc3ccc(OC)c(F)c3)s2)cc1. The van der Waals surface area contributed by atoms with Crippen LogP contribution in [0.4, 0.5) is 4.39 Å². The van der Waals surface area contributed by atoms with E-state index in [1.54, 1.807) is 43.0 Å². The molecule has 6 nitrogen and oxygen atoms in total. The van der Waals surface area contributed by atoms with Crippen molar-refractivity contribution in [3.05, 3.63) is 59.4 Å². The van der Waals surface area contributed by atoms with Gasteiger partial charge in [-0.2, -0.15) is 0 Å². The number of ether oxygens (including phenoxy) is 2. The summed E-state index contributed by atoms with van der Waals surface area (Å²) in [5.74, 6) is 1.53. The Hall–Kier alpha value is -2.30. The summed E-state index contributed by atoms with van der Waals surface area (Å²) in [4.78, 5) is 14.0. The summed E-state index contributed by atoms with van der Waals surface area (Å²) in [5, 5.41) is 8.35. The second-order valence-electron chi connectivity index (χ2n) is 6.48. The number of amides is 1. The number of carbonyl (C=O) groups excluding carboxylic acids is 1. The first-order valence-corrected chi connectivity index (χ1v) is 12.1. The van der Waals surface area contributed by atoms with Gasteiger partial charge in [0, 0.05) is 19.3 Å². The summed E-state index contributed by atoms with van der Waals surface area (Å²) < 4.78 is 25.5. The molecule has 1 heterocycles. The lowest BCUT2D eigenvalue weighted by atomic mass is 10.2. The molecular formula is C21H22FN3O3S3. The first kappa shape index (κ1) is 23.4. The molecule has 2 aromatic carbocycles. The van der Waals surface area contributed by atoms with Crippen LogP contribution in [0.15, 0.2) is 51.1 Å². The van der Waals surface area contributed by atoms with Crippen molar-refractivity contribution in [2.45, 2.75) is 21.0 Å². The molecular weight excluding hydrogens is 457 g/mol.